The quantitative estimate of drug-likeness (QED) is 0.310. The maximum absolute atomic E-state index is 14.3. The van der Waals surface area contributed by atoms with E-state index in [1.165, 1.54) is 0 Å². The Kier molecular flexibility index (Phi) is 6.69. The minimum absolute atomic E-state index is 0.0557. The fourth-order valence-electron chi connectivity index (χ4n) is 2.50. The van der Waals surface area contributed by atoms with E-state index in [1.807, 2.05) is 0 Å². The number of hydrogen-bond acceptors (Lipinski definition) is 4. The van der Waals surface area contributed by atoms with Crippen molar-refractivity contribution in [1.29, 1.82) is 0 Å². The van der Waals surface area contributed by atoms with Gasteiger partial charge in [-0.2, -0.15) is 8.78 Å². The zero-order valence-corrected chi connectivity index (χ0v) is 15.2. The topological polar surface area (TPSA) is 59.9 Å². The monoisotopic (exact) mass is 410 g/mol. The maximum atomic E-state index is 14.3. The van der Waals surface area contributed by atoms with Crippen LogP contribution in [0.1, 0.15) is 24.0 Å². The third kappa shape index (κ3) is 6.20. The van der Waals surface area contributed by atoms with Gasteiger partial charge in [-0.15, -0.1) is 0 Å². The van der Waals surface area contributed by atoms with Crippen LogP contribution in [0.5, 0.6) is 5.75 Å². The number of nitrogens with one attached hydrogen (secondary N) is 1. The highest BCUT2D eigenvalue weighted by molar-refractivity contribution is 6.08. The van der Waals surface area contributed by atoms with Crippen molar-refractivity contribution in [2.75, 3.05) is 6.61 Å². The van der Waals surface area contributed by atoms with Gasteiger partial charge in [-0.05, 0) is 30.4 Å². The summed E-state index contributed by atoms with van der Waals surface area (Å²) >= 11 is 0. The first kappa shape index (κ1) is 20.6. The molecule has 1 saturated carbocycles. The van der Waals surface area contributed by atoms with Gasteiger partial charge in [0, 0.05) is 6.07 Å². The molecule has 1 fully saturated rings. The molecular weight excluding hydrogens is 392 g/mol. The number of amidine groups is 1. The van der Waals surface area contributed by atoms with Gasteiger partial charge in [0.05, 0.1) is 12.0 Å². The smallest absolute Gasteiger partial charge is 0.387 e. The lowest BCUT2D eigenvalue weighted by molar-refractivity contribution is -0.119. The summed E-state index contributed by atoms with van der Waals surface area (Å²) in [4.78, 5) is 17.5. The number of hydrogen-bond donors (Lipinski definition) is 1. The molecule has 0 aromatic heterocycles. The number of oxime groups is 1. The van der Waals surface area contributed by atoms with Crippen molar-refractivity contribution in [1.82, 2.24) is 5.32 Å². The minimum atomic E-state index is -3.23. The summed E-state index contributed by atoms with van der Waals surface area (Å²) in [6, 6.07) is 10.0. The molecule has 1 amide bonds. The molecule has 0 aliphatic heterocycles. The Balaban J connectivity index is 1.84. The zero-order chi connectivity index (χ0) is 20.8. The van der Waals surface area contributed by atoms with E-state index in [2.05, 4.69) is 15.2 Å². The lowest BCUT2D eigenvalue weighted by Crippen LogP contribution is -2.33. The van der Waals surface area contributed by atoms with Gasteiger partial charge in [-0.1, -0.05) is 35.5 Å². The standard InChI is InChI=1S/C20H18F4N2O3/c21-16-10-14(29-20(23)24)9-15(18(16)22)19(26-28-11-13-6-7-13)25-17(27)8-12-4-2-1-3-5-12/h1-5,9-10,13,20H,6-8,11H2,(H,25,26,27). The highest BCUT2D eigenvalue weighted by Crippen LogP contribution is 2.29. The fraction of sp³-hybridized carbons (Fsp3) is 0.300. The molecule has 0 atom stereocenters. The van der Waals surface area contributed by atoms with Crippen LogP contribution in [0.4, 0.5) is 17.6 Å². The van der Waals surface area contributed by atoms with Crippen LogP contribution in [-0.4, -0.2) is 25.0 Å². The van der Waals surface area contributed by atoms with E-state index in [1.54, 1.807) is 30.3 Å². The number of nitrogens with zero attached hydrogens (tertiary/aromatic N) is 1. The van der Waals surface area contributed by atoms with Crippen molar-refractivity contribution < 1.29 is 31.9 Å². The average Bonchev–Trinajstić information content (AvgIpc) is 3.48. The highest BCUT2D eigenvalue weighted by Gasteiger charge is 2.23. The molecule has 3 rings (SSSR count). The number of benzene rings is 2. The van der Waals surface area contributed by atoms with Gasteiger partial charge in [0.25, 0.3) is 0 Å². The number of ether oxygens (including phenoxy) is 1. The summed E-state index contributed by atoms with van der Waals surface area (Å²) in [5.41, 5.74) is 0.127. The molecule has 2 aromatic carbocycles. The second kappa shape index (κ2) is 9.40. The Hall–Kier alpha value is -3.10. The molecule has 2 aromatic rings. The molecule has 0 radical (unpaired) electrons. The van der Waals surface area contributed by atoms with Crippen molar-refractivity contribution in [3.05, 3.63) is 65.2 Å². The van der Waals surface area contributed by atoms with Gasteiger partial charge >= 0.3 is 6.61 Å². The Labute approximate surface area is 164 Å². The van der Waals surface area contributed by atoms with Gasteiger partial charge in [0.15, 0.2) is 17.5 Å². The molecule has 0 bridgehead atoms. The van der Waals surface area contributed by atoms with Gasteiger partial charge in [-0.25, -0.2) is 8.78 Å². The van der Waals surface area contributed by atoms with Crippen LogP contribution in [0.3, 0.4) is 0 Å². The van der Waals surface area contributed by atoms with E-state index >= 15 is 0 Å². The van der Waals surface area contributed by atoms with Crippen LogP contribution in [0, 0.1) is 17.6 Å². The van der Waals surface area contributed by atoms with Crippen LogP contribution in [0.25, 0.3) is 0 Å². The van der Waals surface area contributed by atoms with Gasteiger partial charge < -0.3 is 14.9 Å². The third-order valence-electron chi connectivity index (χ3n) is 4.11. The number of halogens is 4. The number of carbonyl (C=O) groups excluding carboxylic acids is 1. The summed E-state index contributed by atoms with van der Waals surface area (Å²) in [6.07, 6.45) is 1.87. The SMILES string of the molecule is O=C(Cc1ccccc1)N/C(=N/OCC1CC1)c1cc(OC(F)F)cc(F)c1F. The van der Waals surface area contributed by atoms with Crippen molar-refractivity contribution >= 4 is 11.7 Å². The van der Waals surface area contributed by atoms with Crippen LogP contribution in [0.2, 0.25) is 0 Å². The predicted octanol–water partition coefficient (Wildman–Crippen LogP) is 4.01. The lowest BCUT2D eigenvalue weighted by atomic mass is 10.1. The molecular formula is C20H18F4N2O3. The zero-order valence-electron chi connectivity index (χ0n) is 15.2. The van der Waals surface area contributed by atoms with E-state index in [4.69, 9.17) is 4.84 Å². The molecule has 0 heterocycles. The first-order chi connectivity index (χ1) is 13.9. The van der Waals surface area contributed by atoms with Crippen molar-refractivity contribution in [2.24, 2.45) is 11.1 Å². The first-order valence-electron chi connectivity index (χ1n) is 8.90. The Morgan fingerprint density at radius 2 is 1.90 bits per heavy atom. The molecule has 1 aliphatic rings. The van der Waals surface area contributed by atoms with E-state index in [-0.39, 0.29) is 13.0 Å². The normalized spacial score (nSPS) is 14.0. The van der Waals surface area contributed by atoms with Crippen LogP contribution in [-0.2, 0) is 16.1 Å². The number of carbonyl (C=O) groups is 1. The summed E-state index contributed by atoms with van der Waals surface area (Å²) in [5, 5.41) is 6.07. The fourth-order valence-corrected chi connectivity index (χ4v) is 2.50. The molecule has 9 heteroatoms. The first-order valence-corrected chi connectivity index (χ1v) is 8.90. The molecule has 154 valence electrons. The summed E-state index contributed by atoms with van der Waals surface area (Å²) in [7, 11) is 0. The Bertz CT molecular complexity index is 887. The molecule has 29 heavy (non-hydrogen) atoms. The summed E-state index contributed by atoms with van der Waals surface area (Å²) in [6.45, 7) is -2.98. The van der Waals surface area contributed by atoms with Crippen LogP contribution < -0.4 is 10.1 Å². The van der Waals surface area contributed by atoms with E-state index in [0.717, 1.165) is 18.9 Å². The van der Waals surface area contributed by atoms with Gasteiger partial charge in [0.2, 0.25) is 5.91 Å². The number of rotatable bonds is 8. The molecule has 5 nitrogen and oxygen atoms in total. The van der Waals surface area contributed by atoms with E-state index in [0.29, 0.717) is 17.5 Å². The van der Waals surface area contributed by atoms with Crippen LogP contribution >= 0.6 is 0 Å². The van der Waals surface area contributed by atoms with Gasteiger partial charge in [0.1, 0.15) is 12.4 Å². The van der Waals surface area contributed by atoms with Crippen molar-refractivity contribution in [3.63, 3.8) is 0 Å². The Morgan fingerprint density at radius 3 is 2.55 bits per heavy atom. The molecule has 0 saturated heterocycles. The molecule has 1 aliphatic carbocycles. The second-order valence-electron chi connectivity index (χ2n) is 6.53. The lowest BCUT2D eigenvalue weighted by Gasteiger charge is -2.12. The van der Waals surface area contributed by atoms with Gasteiger partial charge in [-0.3, -0.25) is 4.79 Å². The van der Waals surface area contributed by atoms with E-state index < -0.39 is 41.3 Å². The van der Waals surface area contributed by atoms with Crippen molar-refractivity contribution in [2.45, 2.75) is 25.9 Å². The third-order valence-corrected chi connectivity index (χ3v) is 4.11. The largest absolute Gasteiger partial charge is 0.435 e. The van der Waals surface area contributed by atoms with E-state index in [9.17, 15) is 22.4 Å². The number of alkyl halides is 2. The summed E-state index contributed by atoms with van der Waals surface area (Å²) in [5.74, 6) is -4.09. The molecule has 0 unspecified atom stereocenters. The number of amides is 1. The molecule has 0 spiro atoms. The highest BCUT2D eigenvalue weighted by atomic mass is 19.3. The average molecular weight is 410 g/mol. The maximum Gasteiger partial charge on any atom is 0.387 e. The minimum Gasteiger partial charge on any atom is -0.435 e. The summed E-state index contributed by atoms with van der Waals surface area (Å²) < 4.78 is 57.3. The predicted molar refractivity (Wildman–Crippen MR) is 96.5 cm³/mol. The molecule has 1 N–H and O–H groups in total. The van der Waals surface area contributed by atoms with Crippen molar-refractivity contribution in [3.8, 4) is 5.75 Å². The Morgan fingerprint density at radius 1 is 1.17 bits per heavy atom. The van der Waals surface area contributed by atoms with Crippen LogP contribution in [0.15, 0.2) is 47.6 Å². The second-order valence-corrected chi connectivity index (χ2v) is 6.53.